The average molecular weight is 492 g/mol. The van der Waals surface area contributed by atoms with Crippen molar-refractivity contribution in [2.45, 2.75) is 35.6 Å². The second kappa shape index (κ2) is 8.79. The van der Waals surface area contributed by atoms with Gasteiger partial charge in [0.25, 0.3) is 0 Å². The summed E-state index contributed by atoms with van der Waals surface area (Å²) in [7, 11) is -4.04. The molecule has 2 saturated heterocycles. The molecule has 4 rings (SSSR count). The number of halogens is 1. The van der Waals surface area contributed by atoms with Crippen LogP contribution in [-0.2, 0) is 33.7 Å². The number of hydrogen-bond acceptors (Lipinski definition) is 7. The smallest absolute Gasteiger partial charge is 0.331 e. The number of fused-ring (bicyclic) bond motifs is 1. The van der Waals surface area contributed by atoms with Gasteiger partial charge in [-0.25, -0.2) is 13.2 Å². The highest BCUT2D eigenvalue weighted by Crippen LogP contribution is 2.47. The Kier molecular flexibility index (Phi) is 6.20. The van der Waals surface area contributed by atoms with Gasteiger partial charge in [-0.3, -0.25) is 9.59 Å². The summed E-state index contributed by atoms with van der Waals surface area (Å²) in [5.41, 5.74) is 1.36. The molecule has 0 aromatic heterocycles. The van der Waals surface area contributed by atoms with Gasteiger partial charge >= 0.3 is 11.9 Å². The van der Waals surface area contributed by atoms with Gasteiger partial charge < -0.3 is 14.4 Å². The van der Waals surface area contributed by atoms with Crippen molar-refractivity contribution in [3.8, 4) is 0 Å². The number of amides is 1. The monoisotopic (exact) mass is 491 g/mol. The van der Waals surface area contributed by atoms with E-state index in [-0.39, 0.29) is 6.42 Å². The average Bonchev–Trinajstić information content (AvgIpc) is 2.96. The number of esters is 2. The fourth-order valence-electron chi connectivity index (χ4n) is 4.28. The number of rotatable bonds is 7. The molecule has 0 radical (unpaired) electrons. The van der Waals surface area contributed by atoms with E-state index in [1.807, 2.05) is 12.1 Å². The molecule has 2 aromatic carbocycles. The molecular formula is C23H22ClNO7S. The first-order valence-electron chi connectivity index (χ1n) is 10.3. The molecule has 1 unspecified atom stereocenters. The van der Waals surface area contributed by atoms with Crippen LogP contribution in [-0.4, -0.2) is 59.8 Å². The van der Waals surface area contributed by atoms with E-state index >= 15 is 0 Å². The predicted molar refractivity (Wildman–Crippen MR) is 119 cm³/mol. The van der Waals surface area contributed by atoms with Gasteiger partial charge in [0.05, 0.1) is 6.42 Å². The summed E-state index contributed by atoms with van der Waals surface area (Å²) in [6, 6.07) is 16.5. The van der Waals surface area contributed by atoms with Crippen molar-refractivity contribution < 1.29 is 32.3 Å². The van der Waals surface area contributed by atoms with Crippen LogP contribution in [0.25, 0.3) is 0 Å². The first-order valence-corrected chi connectivity index (χ1v) is 12.4. The molecule has 1 amide bonds. The van der Waals surface area contributed by atoms with Crippen LogP contribution in [0.2, 0.25) is 0 Å². The number of sulfone groups is 1. The standard InChI is InChI=1S/C23H22ClNO7S/c1-23(14-31-19(27)13-24)21(25-17(26)12-18(25)33(23,29)30)22(28)32-20(15-8-4-2-5-9-15)16-10-6-3-7-11-16/h2-11,18,20-21H,12-14H2,1H3/t18?,21-,23-/m0/s1. The minimum atomic E-state index is -4.04. The van der Waals surface area contributed by atoms with Crippen LogP contribution >= 0.6 is 11.6 Å². The Morgan fingerprint density at radius 1 is 1.09 bits per heavy atom. The second-order valence-corrected chi connectivity index (χ2v) is 11.0. The number of β-lactam (4-membered cyclic amide) rings is 1. The molecule has 8 nitrogen and oxygen atoms in total. The summed E-state index contributed by atoms with van der Waals surface area (Å²) in [5, 5.41) is -1.16. The number of ether oxygens (including phenoxy) is 2. The molecule has 3 atom stereocenters. The quantitative estimate of drug-likeness (QED) is 0.332. The number of hydrogen-bond donors (Lipinski definition) is 0. The van der Waals surface area contributed by atoms with Crippen molar-refractivity contribution >= 4 is 39.3 Å². The summed E-state index contributed by atoms with van der Waals surface area (Å²) in [4.78, 5) is 38.5. The fraction of sp³-hybridized carbons (Fsp3) is 0.348. The second-order valence-electron chi connectivity index (χ2n) is 8.15. The van der Waals surface area contributed by atoms with Crippen LogP contribution < -0.4 is 0 Å². The Hall–Kier alpha value is -2.91. The van der Waals surface area contributed by atoms with Crippen LogP contribution in [0.3, 0.4) is 0 Å². The molecule has 2 fully saturated rings. The number of carbonyl (C=O) groups excluding carboxylic acids is 3. The van der Waals surface area contributed by atoms with Gasteiger partial charge in [0.2, 0.25) is 5.91 Å². The maximum Gasteiger partial charge on any atom is 0.331 e. The molecular weight excluding hydrogens is 470 g/mol. The minimum absolute atomic E-state index is 0.230. The minimum Gasteiger partial charge on any atom is -0.463 e. The molecule has 0 saturated carbocycles. The number of carbonyl (C=O) groups is 3. The van der Waals surface area contributed by atoms with Gasteiger partial charge in [0, 0.05) is 0 Å². The Bertz CT molecular complexity index is 1130. The summed E-state index contributed by atoms with van der Waals surface area (Å²) < 4.78 is 35.5. The van der Waals surface area contributed by atoms with Crippen molar-refractivity contribution in [1.29, 1.82) is 0 Å². The molecule has 2 heterocycles. The van der Waals surface area contributed by atoms with E-state index in [4.69, 9.17) is 21.1 Å². The Morgan fingerprint density at radius 2 is 1.64 bits per heavy atom. The molecule has 2 aromatic rings. The van der Waals surface area contributed by atoms with E-state index in [1.165, 1.54) is 6.92 Å². The third-order valence-corrected chi connectivity index (χ3v) is 9.07. The van der Waals surface area contributed by atoms with Crippen LogP contribution in [0.5, 0.6) is 0 Å². The third-order valence-electron chi connectivity index (χ3n) is 6.10. The molecule has 33 heavy (non-hydrogen) atoms. The zero-order chi connectivity index (χ0) is 23.8. The van der Waals surface area contributed by atoms with Crippen molar-refractivity contribution in [2.24, 2.45) is 0 Å². The Morgan fingerprint density at radius 3 is 2.12 bits per heavy atom. The van der Waals surface area contributed by atoms with Crippen LogP contribution in [0.4, 0.5) is 0 Å². The topological polar surface area (TPSA) is 107 Å². The highest BCUT2D eigenvalue weighted by Gasteiger charge is 2.70. The zero-order valence-corrected chi connectivity index (χ0v) is 19.3. The first kappa shape index (κ1) is 23.3. The number of alkyl halides is 1. The van der Waals surface area contributed by atoms with Crippen molar-refractivity contribution in [2.75, 3.05) is 12.5 Å². The fourth-order valence-corrected chi connectivity index (χ4v) is 6.63. The normalized spacial score (nSPS) is 25.3. The van der Waals surface area contributed by atoms with Crippen molar-refractivity contribution in [3.05, 3.63) is 71.8 Å². The van der Waals surface area contributed by atoms with Gasteiger partial charge in [-0.15, -0.1) is 11.6 Å². The van der Waals surface area contributed by atoms with E-state index < -0.39 is 62.4 Å². The molecule has 2 aliphatic rings. The molecule has 0 aliphatic carbocycles. The van der Waals surface area contributed by atoms with Crippen LogP contribution in [0.15, 0.2) is 60.7 Å². The van der Waals surface area contributed by atoms with E-state index in [1.54, 1.807) is 48.5 Å². The lowest BCUT2D eigenvalue weighted by atomic mass is 9.96. The summed E-state index contributed by atoms with van der Waals surface area (Å²) in [6.07, 6.45) is -1.06. The molecule has 0 spiro atoms. The maximum absolute atomic E-state index is 13.5. The van der Waals surface area contributed by atoms with Gasteiger partial charge in [-0.1, -0.05) is 60.7 Å². The van der Waals surface area contributed by atoms with E-state index in [2.05, 4.69) is 0 Å². The van der Waals surface area contributed by atoms with Crippen molar-refractivity contribution in [1.82, 2.24) is 4.90 Å². The predicted octanol–water partition coefficient (Wildman–Crippen LogP) is 2.22. The third kappa shape index (κ3) is 3.89. The number of benzene rings is 2. The largest absolute Gasteiger partial charge is 0.463 e. The van der Waals surface area contributed by atoms with E-state index in [9.17, 15) is 22.8 Å². The highest BCUT2D eigenvalue weighted by molar-refractivity contribution is 7.94. The SMILES string of the molecule is C[C@]1(COC(=O)CCl)[C@H](C(=O)OC(c2ccccc2)c2ccccc2)N2C(=O)CC2S1(=O)=O. The lowest BCUT2D eigenvalue weighted by Gasteiger charge is -2.37. The van der Waals surface area contributed by atoms with Crippen LogP contribution in [0, 0.1) is 0 Å². The van der Waals surface area contributed by atoms with Crippen molar-refractivity contribution in [3.63, 3.8) is 0 Å². The van der Waals surface area contributed by atoms with E-state index in [0.29, 0.717) is 11.1 Å². The Labute approximate surface area is 196 Å². The molecule has 10 heteroatoms. The number of nitrogens with zero attached hydrogens (tertiary/aromatic N) is 1. The lowest BCUT2D eigenvalue weighted by molar-refractivity contribution is -0.165. The summed E-state index contributed by atoms with van der Waals surface area (Å²) in [6.45, 7) is 0.670. The Balaban J connectivity index is 1.70. The van der Waals surface area contributed by atoms with Gasteiger partial charge in [0.15, 0.2) is 22.0 Å². The lowest BCUT2D eigenvalue weighted by Crippen LogP contribution is -2.58. The van der Waals surface area contributed by atoms with Gasteiger partial charge in [0.1, 0.15) is 22.6 Å². The zero-order valence-electron chi connectivity index (χ0n) is 17.7. The maximum atomic E-state index is 13.5. The highest BCUT2D eigenvalue weighted by atomic mass is 35.5. The molecule has 174 valence electrons. The summed E-state index contributed by atoms with van der Waals surface area (Å²) in [5.74, 6) is -2.67. The van der Waals surface area contributed by atoms with Gasteiger partial charge in [-0.2, -0.15) is 0 Å². The molecule has 2 aliphatic heterocycles. The van der Waals surface area contributed by atoms with E-state index in [0.717, 1.165) is 4.90 Å². The molecule has 0 bridgehead atoms. The van der Waals surface area contributed by atoms with Gasteiger partial charge in [-0.05, 0) is 18.1 Å². The first-order chi connectivity index (χ1) is 15.7. The molecule has 0 N–H and O–H groups in total. The van der Waals surface area contributed by atoms with Crippen LogP contribution in [0.1, 0.15) is 30.6 Å². The summed E-state index contributed by atoms with van der Waals surface area (Å²) >= 11 is 5.47.